The molecule has 336 valence electrons. The first-order valence-electron chi connectivity index (χ1n) is 22.2. The minimum atomic E-state index is -0.699. The molecule has 0 bridgehead atoms. The van der Waals surface area contributed by atoms with Crippen molar-refractivity contribution in [2.45, 2.75) is 89.9 Å². The minimum Gasteiger partial charge on any atom is -0.493 e. The highest BCUT2D eigenvalue weighted by atomic mass is 35.5. The molecule has 65 heavy (non-hydrogen) atoms. The Labute approximate surface area is 389 Å². The number of rotatable bonds is 9. The lowest BCUT2D eigenvalue weighted by atomic mass is 9.86. The van der Waals surface area contributed by atoms with E-state index in [2.05, 4.69) is 44.0 Å². The van der Waals surface area contributed by atoms with E-state index in [1.54, 1.807) is 26.8 Å². The second-order valence-corrected chi connectivity index (χ2v) is 18.6. The number of piperidine rings is 1. The number of amides is 6. The first-order chi connectivity index (χ1) is 31.2. The van der Waals surface area contributed by atoms with E-state index in [1.807, 2.05) is 73.7 Å². The molecule has 14 heteroatoms. The summed E-state index contributed by atoms with van der Waals surface area (Å²) in [7, 11) is 0. The molecule has 4 aliphatic heterocycles. The number of urea groups is 1. The summed E-state index contributed by atoms with van der Waals surface area (Å²) < 4.78 is 6.28. The van der Waals surface area contributed by atoms with Gasteiger partial charge in [-0.15, -0.1) is 0 Å². The molecule has 4 heterocycles. The maximum atomic E-state index is 15.1. The van der Waals surface area contributed by atoms with Gasteiger partial charge in [0.2, 0.25) is 17.7 Å². The number of fused-ring (bicyclic) bond motifs is 1. The molecule has 0 aromatic heterocycles. The molecule has 0 aliphatic carbocycles. The van der Waals surface area contributed by atoms with Gasteiger partial charge in [0.25, 0.3) is 5.91 Å². The molecule has 1 N–H and O–H groups in total. The van der Waals surface area contributed by atoms with E-state index in [0.29, 0.717) is 90.4 Å². The van der Waals surface area contributed by atoms with Gasteiger partial charge in [0.15, 0.2) is 0 Å². The van der Waals surface area contributed by atoms with Crippen molar-refractivity contribution in [1.82, 2.24) is 24.9 Å². The van der Waals surface area contributed by atoms with Crippen LogP contribution in [0.25, 0.3) is 0 Å². The van der Waals surface area contributed by atoms with Gasteiger partial charge in [-0.2, -0.15) is 0 Å². The smallest absolute Gasteiger partial charge is 0.326 e. The first-order valence-corrected chi connectivity index (χ1v) is 22.9. The molecule has 8 rings (SSSR count). The number of carbonyl (C=O) groups excluding carboxylic acids is 5. The predicted molar refractivity (Wildman–Crippen MR) is 250 cm³/mol. The maximum absolute atomic E-state index is 15.1. The lowest BCUT2D eigenvalue weighted by molar-refractivity contribution is -0.137. The van der Waals surface area contributed by atoms with E-state index in [-0.39, 0.29) is 48.6 Å². The van der Waals surface area contributed by atoms with Gasteiger partial charge in [-0.3, -0.25) is 34.4 Å². The number of nitrogens with zero attached hydrogens (tertiary/aromatic N) is 5. The highest BCUT2D eigenvalue weighted by Crippen LogP contribution is 2.46. The van der Waals surface area contributed by atoms with E-state index in [4.69, 9.17) is 32.9 Å². The predicted octanol–water partition coefficient (Wildman–Crippen LogP) is 8.48. The van der Waals surface area contributed by atoms with Crippen LogP contribution in [-0.4, -0.2) is 93.9 Å². The lowest BCUT2D eigenvalue weighted by Gasteiger charge is -2.39. The third-order valence-electron chi connectivity index (χ3n) is 12.5. The van der Waals surface area contributed by atoms with Crippen molar-refractivity contribution in [1.29, 1.82) is 0 Å². The van der Waals surface area contributed by atoms with E-state index >= 15 is 4.79 Å². The van der Waals surface area contributed by atoms with E-state index in [0.717, 1.165) is 22.3 Å². The van der Waals surface area contributed by atoms with Gasteiger partial charge in [-0.25, -0.2) is 4.79 Å². The third kappa shape index (κ3) is 9.63. The quantitative estimate of drug-likeness (QED) is 0.102. The van der Waals surface area contributed by atoms with Crippen LogP contribution in [0.2, 0.25) is 10.0 Å². The van der Waals surface area contributed by atoms with Crippen LogP contribution in [-0.2, 0) is 26.3 Å². The van der Waals surface area contributed by atoms with Gasteiger partial charge in [0.1, 0.15) is 23.7 Å². The Balaban J connectivity index is 0.961. The summed E-state index contributed by atoms with van der Waals surface area (Å²) >= 11 is 12.7. The molecule has 0 radical (unpaired) electrons. The zero-order valence-electron chi connectivity index (χ0n) is 37.0. The number of carbonyl (C=O) groups is 5. The summed E-state index contributed by atoms with van der Waals surface area (Å²) in [4.78, 5) is 78.3. The van der Waals surface area contributed by atoms with Crippen LogP contribution in [0.15, 0.2) is 89.9 Å². The van der Waals surface area contributed by atoms with Crippen LogP contribution in [0.4, 0.5) is 4.79 Å². The minimum absolute atomic E-state index is 0.00413. The Hall–Kier alpha value is -6.16. The molecule has 2 saturated heterocycles. The van der Waals surface area contributed by atoms with Crippen LogP contribution >= 0.6 is 23.2 Å². The zero-order valence-corrected chi connectivity index (χ0v) is 38.5. The average molecular weight is 916 g/mol. The maximum Gasteiger partial charge on any atom is 0.326 e. The molecule has 12 nitrogen and oxygen atoms in total. The van der Waals surface area contributed by atoms with E-state index < -0.39 is 24.0 Å². The lowest BCUT2D eigenvalue weighted by Crippen LogP contribution is -2.55. The topological polar surface area (TPSA) is 132 Å². The number of hydrogen-bond acceptors (Lipinski definition) is 7. The largest absolute Gasteiger partial charge is 0.493 e. The number of halogens is 2. The van der Waals surface area contributed by atoms with Crippen molar-refractivity contribution < 1.29 is 28.7 Å². The summed E-state index contributed by atoms with van der Waals surface area (Å²) in [6.07, 6.45) is 1.78. The summed E-state index contributed by atoms with van der Waals surface area (Å²) in [6, 6.07) is 24.6. The van der Waals surface area contributed by atoms with Gasteiger partial charge in [-0.1, -0.05) is 92.2 Å². The molecule has 0 spiro atoms. The summed E-state index contributed by atoms with van der Waals surface area (Å²) in [6.45, 7) is 10.5. The Kier molecular flexibility index (Phi) is 13.4. The zero-order chi connectivity index (χ0) is 46.0. The molecule has 4 aromatic carbocycles. The number of piperazine rings is 1. The van der Waals surface area contributed by atoms with Gasteiger partial charge in [0.05, 0.1) is 18.2 Å². The number of unbranched alkanes of at least 4 members (excludes halogenated alkanes) is 1. The van der Waals surface area contributed by atoms with E-state index in [1.165, 1.54) is 4.90 Å². The summed E-state index contributed by atoms with van der Waals surface area (Å²) in [5.74, 6) is 6.47. The summed E-state index contributed by atoms with van der Waals surface area (Å²) in [5, 5.41) is 3.51. The molecule has 2 fully saturated rings. The Bertz CT molecular complexity index is 2610. The number of hydrogen-bond donors (Lipinski definition) is 1. The van der Waals surface area contributed by atoms with Crippen molar-refractivity contribution in [2.75, 3.05) is 32.8 Å². The number of nitrogens with one attached hydrogen (secondary N) is 1. The van der Waals surface area contributed by atoms with Crippen LogP contribution < -0.4 is 10.1 Å². The number of imide groups is 1. The van der Waals surface area contributed by atoms with E-state index in [9.17, 15) is 19.2 Å². The van der Waals surface area contributed by atoms with Crippen LogP contribution in [0.1, 0.15) is 116 Å². The monoisotopic (exact) mass is 914 g/mol. The molecular formula is C51H52Cl2N6O6. The summed E-state index contributed by atoms with van der Waals surface area (Å²) in [5.41, 5.74) is 5.39. The average Bonchev–Trinajstić information content (AvgIpc) is 3.85. The molecule has 6 amide bonds. The van der Waals surface area contributed by atoms with Crippen molar-refractivity contribution in [3.8, 4) is 17.6 Å². The van der Waals surface area contributed by atoms with Crippen molar-refractivity contribution in [2.24, 2.45) is 4.99 Å². The highest BCUT2D eigenvalue weighted by molar-refractivity contribution is 6.30. The highest BCUT2D eigenvalue weighted by Gasteiger charge is 2.45. The number of aliphatic imine (C=N–C) groups is 1. The van der Waals surface area contributed by atoms with Crippen molar-refractivity contribution in [3.05, 3.63) is 134 Å². The molecule has 4 aromatic rings. The number of benzene rings is 4. The Morgan fingerprint density at radius 2 is 1.54 bits per heavy atom. The second-order valence-electron chi connectivity index (χ2n) is 17.7. The van der Waals surface area contributed by atoms with Gasteiger partial charge < -0.3 is 19.4 Å². The molecule has 3 unspecified atom stereocenters. The SMILES string of the molecule is CCOc1cc(C(C)(C)C)ccc1C1=NC(c2ccc(Cl)cc2)C(c2ccc(Cl)cc2)N1C(=O)N1CCN(C(=O)CCCC#Cc2cccc3c2CN(C2CCC(=O)NC2=O)C3=O)CC1. The second kappa shape index (κ2) is 19.1. The fourth-order valence-electron chi connectivity index (χ4n) is 8.95. The fraction of sp³-hybridized carbons (Fsp3) is 0.373. The normalized spacial score (nSPS) is 19.7. The van der Waals surface area contributed by atoms with Gasteiger partial charge in [0, 0.05) is 73.2 Å². The van der Waals surface area contributed by atoms with Crippen LogP contribution in [0, 0.1) is 11.8 Å². The molecule has 0 saturated carbocycles. The number of ether oxygens (including phenoxy) is 1. The fourth-order valence-corrected chi connectivity index (χ4v) is 9.20. The molecular weight excluding hydrogens is 864 g/mol. The van der Waals surface area contributed by atoms with Crippen molar-refractivity contribution in [3.63, 3.8) is 0 Å². The van der Waals surface area contributed by atoms with Crippen molar-refractivity contribution >= 4 is 58.7 Å². The van der Waals surface area contributed by atoms with Gasteiger partial charge in [-0.05, 0) is 96.0 Å². The van der Waals surface area contributed by atoms with Crippen LogP contribution in [0.3, 0.4) is 0 Å². The molecule has 4 aliphatic rings. The third-order valence-corrected chi connectivity index (χ3v) is 13.0. The Morgan fingerprint density at radius 1 is 0.862 bits per heavy atom. The molecule has 3 atom stereocenters. The van der Waals surface area contributed by atoms with Gasteiger partial charge >= 0.3 is 6.03 Å². The van der Waals surface area contributed by atoms with Crippen LogP contribution in [0.5, 0.6) is 5.75 Å². The number of amidine groups is 1. The standard InChI is InChI=1S/C51H52Cl2N6O6/c1-5-65-42-30-35(51(2,3)4)18-23-39(42)47-55-45(33-14-19-36(52)20-15-33)46(34-16-21-37(53)22-17-34)59(47)50(64)57-28-26-56(27-29-57)44(61)13-8-6-7-10-32-11-9-12-38-40(32)31-58(49(38)63)41-24-25-43(60)54-48(41)62/h9,11-12,14-23,30,41,45-46H,5-6,8,13,24-29,31H2,1-4H3,(H,54,60,62). The Morgan fingerprint density at radius 3 is 2.20 bits per heavy atom. The first kappa shape index (κ1) is 45.4.